The molecule has 0 bridgehead atoms. The van der Waals surface area contributed by atoms with Gasteiger partial charge in [0, 0.05) is 24.5 Å². The monoisotopic (exact) mass is 460 g/mol. The first-order valence-corrected chi connectivity index (χ1v) is 12.0. The van der Waals surface area contributed by atoms with Crippen molar-refractivity contribution in [3.63, 3.8) is 0 Å². The predicted octanol–water partition coefficient (Wildman–Crippen LogP) is 3.63. The van der Waals surface area contributed by atoms with E-state index in [0.29, 0.717) is 23.8 Å². The fourth-order valence-electron chi connectivity index (χ4n) is 5.30. The number of amides is 2. The molecule has 5 rings (SSSR count). The van der Waals surface area contributed by atoms with Crippen LogP contribution in [0.4, 0.5) is 5.69 Å². The van der Waals surface area contributed by atoms with Gasteiger partial charge in [-0.05, 0) is 80.6 Å². The van der Waals surface area contributed by atoms with E-state index < -0.39 is 6.04 Å². The molecule has 2 N–H and O–H groups in total. The molecule has 0 spiro atoms. The van der Waals surface area contributed by atoms with Crippen LogP contribution in [0.1, 0.15) is 62.6 Å². The predicted molar refractivity (Wildman–Crippen MR) is 131 cm³/mol. The Balaban J connectivity index is 1.37. The SMILES string of the molecule is CC1=NCC(C)=C1c1ccc(NC(=O)[C@@H](NC(=O)c2ccnn2C)C(C2CC2)C2(C)CC2)cn1. The maximum Gasteiger partial charge on any atom is 0.270 e. The first-order valence-electron chi connectivity index (χ1n) is 12.0. The van der Waals surface area contributed by atoms with Gasteiger partial charge in [0.05, 0.1) is 24.1 Å². The van der Waals surface area contributed by atoms with Gasteiger partial charge < -0.3 is 10.6 Å². The number of carbonyl (C=O) groups is 2. The van der Waals surface area contributed by atoms with Gasteiger partial charge in [0.1, 0.15) is 11.7 Å². The zero-order valence-electron chi connectivity index (χ0n) is 20.3. The molecule has 0 saturated heterocycles. The zero-order valence-corrected chi connectivity index (χ0v) is 20.3. The van der Waals surface area contributed by atoms with Crippen LogP contribution in [0, 0.1) is 17.3 Å². The summed E-state index contributed by atoms with van der Waals surface area (Å²) in [6.45, 7) is 7.01. The Morgan fingerprint density at radius 1 is 1.18 bits per heavy atom. The van der Waals surface area contributed by atoms with Crippen LogP contribution in [0.5, 0.6) is 0 Å². The third-order valence-electron chi connectivity index (χ3n) is 7.58. The van der Waals surface area contributed by atoms with E-state index in [1.54, 1.807) is 25.5 Å². The molecule has 2 aromatic rings. The lowest BCUT2D eigenvalue weighted by Gasteiger charge is -2.32. The molecule has 2 fully saturated rings. The lowest BCUT2D eigenvalue weighted by Crippen LogP contribution is -2.51. The highest BCUT2D eigenvalue weighted by Crippen LogP contribution is 2.60. The Hall–Kier alpha value is -3.29. The maximum absolute atomic E-state index is 13.6. The molecule has 2 aromatic heterocycles. The van der Waals surface area contributed by atoms with Crippen LogP contribution < -0.4 is 10.6 Å². The summed E-state index contributed by atoms with van der Waals surface area (Å²) in [7, 11) is 1.73. The Kier molecular flexibility index (Phi) is 5.62. The van der Waals surface area contributed by atoms with Crippen molar-refractivity contribution in [2.45, 2.75) is 52.5 Å². The molecule has 8 heteroatoms. The van der Waals surface area contributed by atoms with Crippen LogP contribution in [0.25, 0.3) is 5.57 Å². The molecule has 34 heavy (non-hydrogen) atoms. The Morgan fingerprint density at radius 2 is 1.94 bits per heavy atom. The number of aliphatic imine (C=N–C) groups is 1. The lowest BCUT2D eigenvalue weighted by molar-refractivity contribution is -0.120. The summed E-state index contributed by atoms with van der Waals surface area (Å²) in [5, 5.41) is 10.2. The average molecular weight is 461 g/mol. The number of nitrogens with zero attached hydrogens (tertiary/aromatic N) is 4. The summed E-state index contributed by atoms with van der Waals surface area (Å²) in [4.78, 5) is 35.7. The van der Waals surface area contributed by atoms with Crippen molar-refractivity contribution in [2.75, 3.05) is 11.9 Å². The molecule has 178 valence electrons. The molecule has 2 aliphatic carbocycles. The third-order valence-corrected chi connectivity index (χ3v) is 7.58. The molecule has 2 amide bonds. The first-order chi connectivity index (χ1) is 16.3. The van der Waals surface area contributed by atoms with Gasteiger partial charge in [-0.2, -0.15) is 5.10 Å². The number of pyridine rings is 1. The van der Waals surface area contributed by atoms with Crippen molar-refractivity contribution in [1.29, 1.82) is 0 Å². The summed E-state index contributed by atoms with van der Waals surface area (Å²) >= 11 is 0. The van der Waals surface area contributed by atoms with E-state index in [9.17, 15) is 9.59 Å². The average Bonchev–Trinajstić information content (AvgIpc) is 3.71. The summed E-state index contributed by atoms with van der Waals surface area (Å²) in [5.41, 5.74) is 5.28. The molecule has 8 nitrogen and oxygen atoms in total. The highest BCUT2D eigenvalue weighted by atomic mass is 16.2. The van der Waals surface area contributed by atoms with Gasteiger partial charge in [-0.25, -0.2) is 0 Å². The minimum atomic E-state index is -0.615. The molecule has 1 aliphatic heterocycles. The Labute approximate surface area is 199 Å². The fraction of sp³-hybridized carbons (Fsp3) is 0.500. The number of allylic oxidation sites excluding steroid dienone is 1. The topological polar surface area (TPSA) is 101 Å². The van der Waals surface area contributed by atoms with Crippen molar-refractivity contribution < 1.29 is 9.59 Å². The second-order valence-electron chi connectivity index (χ2n) is 10.3. The van der Waals surface area contributed by atoms with Crippen molar-refractivity contribution in [2.24, 2.45) is 29.3 Å². The van der Waals surface area contributed by atoms with Crippen LogP contribution in [0.15, 0.2) is 41.2 Å². The second kappa shape index (κ2) is 8.49. The van der Waals surface area contributed by atoms with Crippen LogP contribution in [-0.2, 0) is 11.8 Å². The van der Waals surface area contributed by atoms with E-state index in [2.05, 4.69) is 39.6 Å². The van der Waals surface area contributed by atoms with E-state index in [0.717, 1.165) is 42.7 Å². The van der Waals surface area contributed by atoms with E-state index in [1.807, 2.05) is 19.1 Å². The molecule has 3 heterocycles. The Morgan fingerprint density at radius 3 is 2.47 bits per heavy atom. The van der Waals surface area contributed by atoms with E-state index in [1.165, 1.54) is 10.3 Å². The zero-order chi connectivity index (χ0) is 24.0. The van der Waals surface area contributed by atoms with Crippen molar-refractivity contribution in [1.82, 2.24) is 20.1 Å². The van der Waals surface area contributed by atoms with E-state index in [-0.39, 0.29) is 23.1 Å². The fourth-order valence-corrected chi connectivity index (χ4v) is 5.30. The van der Waals surface area contributed by atoms with Crippen LogP contribution in [-0.4, -0.2) is 44.9 Å². The number of nitrogens with one attached hydrogen (secondary N) is 2. The largest absolute Gasteiger partial charge is 0.339 e. The standard InChI is InChI=1S/C26H32N6O2/c1-15-13-27-16(2)21(15)19-8-7-18(14-28-19)30-25(34)23(22(17-5-6-17)26(3)10-11-26)31-24(33)20-9-12-29-32(20)4/h7-9,12,14,17,22-23H,5-6,10-11,13H2,1-4H3,(H,30,34)(H,31,33)/t22?,23-/m0/s1. The van der Waals surface area contributed by atoms with Crippen molar-refractivity contribution in [3.05, 3.63) is 47.6 Å². The van der Waals surface area contributed by atoms with Crippen LogP contribution in [0.3, 0.4) is 0 Å². The molecular formula is C26H32N6O2. The molecule has 3 aliphatic rings. The second-order valence-corrected chi connectivity index (χ2v) is 10.3. The number of hydrogen-bond donors (Lipinski definition) is 2. The minimum absolute atomic E-state index is 0.0916. The van der Waals surface area contributed by atoms with Crippen molar-refractivity contribution in [3.8, 4) is 0 Å². The summed E-state index contributed by atoms with van der Waals surface area (Å²) in [6, 6.07) is 4.85. The van der Waals surface area contributed by atoms with Gasteiger partial charge in [0.25, 0.3) is 5.91 Å². The van der Waals surface area contributed by atoms with E-state index in [4.69, 9.17) is 0 Å². The van der Waals surface area contributed by atoms with Crippen molar-refractivity contribution >= 4 is 28.8 Å². The smallest absolute Gasteiger partial charge is 0.270 e. The maximum atomic E-state index is 13.6. The van der Waals surface area contributed by atoms with Gasteiger partial charge in [-0.3, -0.25) is 24.2 Å². The quantitative estimate of drug-likeness (QED) is 0.628. The number of hydrogen-bond acceptors (Lipinski definition) is 5. The molecular weight excluding hydrogens is 428 g/mol. The normalized spacial score (nSPS) is 20.5. The van der Waals surface area contributed by atoms with Crippen LogP contribution >= 0.6 is 0 Å². The number of aromatic nitrogens is 3. The van der Waals surface area contributed by atoms with Gasteiger partial charge in [-0.1, -0.05) is 6.92 Å². The number of aryl methyl sites for hydroxylation is 1. The van der Waals surface area contributed by atoms with Gasteiger partial charge in [0.15, 0.2) is 0 Å². The molecule has 2 saturated carbocycles. The molecule has 2 atom stereocenters. The molecule has 1 unspecified atom stereocenters. The summed E-state index contributed by atoms with van der Waals surface area (Å²) < 4.78 is 1.53. The van der Waals surface area contributed by atoms with Crippen LogP contribution in [0.2, 0.25) is 0 Å². The summed E-state index contributed by atoms with van der Waals surface area (Å²) in [5.74, 6) is 0.114. The number of carbonyl (C=O) groups excluding carboxylic acids is 2. The number of anilines is 1. The highest BCUT2D eigenvalue weighted by Gasteiger charge is 2.55. The third kappa shape index (κ3) is 4.29. The summed E-state index contributed by atoms with van der Waals surface area (Å²) in [6.07, 6.45) is 7.67. The minimum Gasteiger partial charge on any atom is -0.339 e. The van der Waals surface area contributed by atoms with Gasteiger partial charge in [-0.15, -0.1) is 0 Å². The lowest BCUT2D eigenvalue weighted by atomic mass is 9.80. The number of rotatable bonds is 8. The van der Waals surface area contributed by atoms with Gasteiger partial charge >= 0.3 is 0 Å². The first kappa shape index (κ1) is 22.5. The van der Waals surface area contributed by atoms with E-state index >= 15 is 0 Å². The molecule has 0 aromatic carbocycles. The Bertz CT molecular complexity index is 1180. The highest BCUT2D eigenvalue weighted by molar-refractivity contribution is 6.24. The molecule has 0 radical (unpaired) electrons. The van der Waals surface area contributed by atoms with Gasteiger partial charge in [0.2, 0.25) is 5.91 Å².